The number of aryl methyl sites for hydroxylation is 1. The largest absolute Gasteiger partial charge is 0.496 e. The zero-order valence-electron chi connectivity index (χ0n) is 15.1. The van der Waals surface area contributed by atoms with Gasteiger partial charge < -0.3 is 10.1 Å². The summed E-state index contributed by atoms with van der Waals surface area (Å²) in [5.41, 5.74) is 5.37. The van der Waals surface area contributed by atoms with E-state index in [1.165, 1.54) is 11.1 Å². The summed E-state index contributed by atoms with van der Waals surface area (Å²) in [5, 5.41) is 9.24. The molecule has 0 saturated carbocycles. The maximum absolute atomic E-state index is 6.28. The maximum Gasteiger partial charge on any atom is 0.133 e. The van der Waals surface area contributed by atoms with E-state index in [0.29, 0.717) is 5.02 Å². The van der Waals surface area contributed by atoms with Gasteiger partial charge in [0.15, 0.2) is 0 Å². The van der Waals surface area contributed by atoms with Crippen molar-refractivity contribution in [2.45, 2.75) is 26.2 Å². The van der Waals surface area contributed by atoms with Crippen molar-refractivity contribution in [3.63, 3.8) is 0 Å². The van der Waals surface area contributed by atoms with Crippen LogP contribution in [0.3, 0.4) is 0 Å². The fourth-order valence-corrected chi connectivity index (χ4v) is 3.70. The van der Waals surface area contributed by atoms with Crippen molar-refractivity contribution in [1.29, 1.82) is 0 Å². The van der Waals surface area contributed by atoms with Gasteiger partial charge in [0.25, 0.3) is 0 Å². The molecule has 3 aromatic rings. The molecule has 0 radical (unpaired) electrons. The fraction of sp³-hybridized carbons (Fsp3) is 0.286. The molecule has 2 aromatic carbocycles. The normalized spacial score (nSPS) is 13.7. The molecular weight excluding hydrogens is 346 g/mol. The minimum Gasteiger partial charge on any atom is -0.496 e. The van der Waals surface area contributed by atoms with Gasteiger partial charge in [-0.15, -0.1) is 0 Å². The van der Waals surface area contributed by atoms with Crippen LogP contribution >= 0.6 is 11.6 Å². The second kappa shape index (κ2) is 7.04. The minimum absolute atomic E-state index is 0.682. The number of fused-ring (bicyclic) bond motifs is 1. The summed E-state index contributed by atoms with van der Waals surface area (Å²) in [6, 6.07) is 14.1. The van der Waals surface area contributed by atoms with Gasteiger partial charge >= 0.3 is 0 Å². The number of nitrogens with one attached hydrogen (secondary N) is 1. The number of ether oxygens (including phenoxy) is 1. The summed E-state index contributed by atoms with van der Waals surface area (Å²) in [7, 11) is 1.68. The van der Waals surface area contributed by atoms with Crippen LogP contribution in [0.15, 0.2) is 42.5 Å². The van der Waals surface area contributed by atoms with Gasteiger partial charge in [-0.1, -0.05) is 23.7 Å². The molecule has 1 N–H and O–H groups in total. The summed E-state index contributed by atoms with van der Waals surface area (Å²) < 4.78 is 7.60. The minimum atomic E-state index is 0.682. The molecule has 0 saturated heterocycles. The van der Waals surface area contributed by atoms with Gasteiger partial charge in [-0.05, 0) is 62.1 Å². The number of aromatic nitrogens is 2. The van der Waals surface area contributed by atoms with E-state index in [4.69, 9.17) is 21.4 Å². The van der Waals surface area contributed by atoms with Crippen molar-refractivity contribution in [1.82, 2.24) is 9.78 Å². The lowest BCUT2D eigenvalue weighted by Crippen LogP contribution is -2.07. The summed E-state index contributed by atoms with van der Waals surface area (Å²) in [6.07, 6.45) is 3.27. The number of nitrogens with zero attached hydrogens (tertiary/aromatic N) is 2. The quantitative estimate of drug-likeness (QED) is 0.686. The second-order valence-electron chi connectivity index (χ2n) is 6.66. The second-order valence-corrected chi connectivity index (χ2v) is 7.09. The Morgan fingerprint density at radius 1 is 1.15 bits per heavy atom. The van der Waals surface area contributed by atoms with Crippen LogP contribution in [0.4, 0.5) is 5.82 Å². The van der Waals surface area contributed by atoms with Crippen molar-refractivity contribution in [3.05, 3.63) is 58.6 Å². The van der Waals surface area contributed by atoms with Gasteiger partial charge in [-0.2, -0.15) is 5.10 Å². The molecule has 1 aliphatic heterocycles. The number of halogens is 1. The number of hydrogen-bond acceptors (Lipinski definition) is 3. The highest BCUT2D eigenvalue weighted by atomic mass is 35.5. The summed E-state index contributed by atoms with van der Waals surface area (Å²) in [4.78, 5) is 0. The van der Waals surface area contributed by atoms with Crippen molar-refractivity contribution in [2.75, 3.05) is 19.0 Å². The molecule has 134 valence electrons. The first-order valence-corrected chi connectivity index (χ1v) is 9.32. The molecule has 4 nitrogen and oxygen atoms in total. The third kappa shape index (κ3) is 3.06. The van der Waals surface area contributed by atoms with Crippen LogP contribution in [0.5, 0.6) is 5.75 Å². The van der Waals surface area contributed by atoms with Gasteiger partial charge in [0, 0.05) is 22.7 Å². The molecule has 0 unspecified atom stereocenters. The number of rotatable bonds is 3. The molecule has 26 heavy (non-hydrogen) atoms. The zero-order chi connectivity index (χ0) is 18.1. The Hall–Kier alpha value is -2.46. The van der Waals surface area contributed by atoms with Crippen LogP contribution in [0.25, 0.3) is 16.9 Å². The van der Waals surface area contributed by atoms with E-state index in [2.05, 4.69) is 36.5 Å². The van der Waals surface area contributed by atoms with Crippen LogP contribution in [0.1, 0.15) is 24.0 Å². The van der Waals surface area contributed by atoms with E-state index < -0.39 is 0 Å². The molecule has 0 fully saturated rings. The summed E-state index contributed by atoms with van der Waals surface area (Å²) in [5.74, 6) is 1.86. The van der Waals surface area contributed by atoms with Gasteiger partial charge in [0.05, 0.1) is 12.8 Å². The Labute approximate surface area is 158 Å². The predicted molar refractivity (Wildman–Crippen MR) is 107 cm³/mol. The fourth-order valence-electron chi connectivity index (χ4n) is 3.53. The van der Waals surface area contributed by atoms with Crippen molar-refractivity contribution in [3.8, 4) is 22.7 Å². The standard InChI is InChI=1S/C21H22ClN3O/c1-14-6-5-7-16(12-14)25-21-17(8-3-4-11-23-21)20(24-25)18-13-15(22)9-10-19(18)26-2/h5-7,9-10,12-13,23H,3-4,8,11H2,1-2H3. The van der Waals surface area contributed by atoms with E-state index in [9.17, 15) is 0 Å². The van der Waals surface area contributed by atoms with Crippen LogP contribution < -0.4 is 10.1 Å². The lowest BCUT2D eigenvalue weighted by atomic mass is 10.0. The van der Waals surface area contributed by atoms with E-state index in [1.54, 1.807) is 7.11 Å². The predicted octanol–water partition coefficient (Wildman–Crippen LogP) is 5.26. The molecule has 0 atom stereocenters. The number of anilines is 1. The monoisotopic (exact) mass is 367 g/mol. The van der Waals surface area contributed by atoms with Crippen molar-refractivity contribution >= 4 is 17.4 Å². The third-order valence-corrected chi connectivity index (χ3v) is 5.03. The molecule has 0 amide bonds. The Bertz CT molecular complexity index is 948. The molecule has 0 spiro atoms. The van der Waals surface area contributed by atoms with E-state index >= 15 is 0 Å². The highest BCUT2D eigenvalue weighted by molar-refractivity contribution is 6.31. The van der Waals surface area contributed by atoms with Gasteiger partial charge in [0.1, 0.15) is 17.3 Å². The van der Waals surface area contributed by atoms with Gasteiger partial charge in [0.2, 0.25) is 0 Å². The number of benzene rings is 2. The van der Waals surface area contributed by atoms with Gasteiger partial charge in [-0.3, -0.25) is 0 Å². The van der Waals surface area contributed by atoms with Crippen molar-refractivity contribution in [2.24, 2.45) is 0 Å². The summed E-state index contributed by atoms with van der Waals surface area (Å²) in [6.45, 7) is 3.05. The number of hydrogen-bond donors (Lipinski definition) is 1. The van der Waals surface area contributed by atoms with Crippen LogP contribution in [-0.4, -0.2) is 23.4 Å². The molecule has 2 heterocycles. The van der Waals surface area contributed by atoms with E-state index in [-0.39, 0.29) is 0 Å². The van der Waals surface area contributed by atoms with Gasteiger partial charge in [-0.25, -0.2) is 4.68 Å². The molecule has 0 bridgehead atoms. The first-order chi connectivity index (χ1) is 12.7. The lowest BCUT2D eigenvalue weighted by molar-refractivity contribution is 0.416. The third-order valence-electron chi connectivity index (χ3n) is 4.79. The smallest absolute Gasteiger partial charge is 0.133 e. The molecule has 4 rings (SSSR count). The topological polar surface area (TPSA) is 39.1 Å². The average Bonchev–Trinajstić information content (AvgIpc) is 2.82. The van der Waals surface area contributed by atoms with Crippen LogP contribution in [-0.2, 0) is 6.42 Å². The maximum atomic E-state index is 6.28. The molecule has 1 aliphatic rings. The van der Waals surface area contributed by atoms with E-state index in [1.807, 2.05) is 22.9 Å². The molecule has 5 heteroatoms. The van der Waals surface area contributed by atoms with Crippen LogP contribution in [0.2, 0.25) is 5.02 Å². The molecule has 0 aliphatic carbocycles. The number of methoxy groups -OCH3 is 1. The average molecular weight is 368 g/mol. The molecular formula is C21H22ClN3O. The Kier molecular flexibility index (Phi) is 4.60. The Morgan fingerprint density at radius 2 is 2.04 bits per heavy atom. The first kappa shape index (κ1) is 17.0. The summed E-state index contributed by atoms with van der Waals surface area (Å²) >= 11 is 6.28. The van der Waals surface area contributed by atoms with Crippen LogP contribution in [0, 0.1) is 6.92 Å². The van der Waals surface area contributed by atoms with Crippen molar-refractivity contribution < 1.29 is 4.74 Å². The first-order valence-electron chi connectivity index (χ1n) is 8.94. The zero-order valence-corrected chi connectivity index (χ0v) is 15.8. The highest BCUT2D eigenvalue weighted by Crippen LogP contribution is 2.39. The molecule has 1 aromatic heterocycles. The van der Waals surface area contributed by atoms with E-state index in [0.717, 1.165) is 54.3 Å². The Balaban J connectivity index is 1.95. The lowest BCUT2D eigenvalue weighted by Gasteiger charge is -2.09. The highest BCUT2D eigenvalue weighted by Gasteiger charge is 2.23. The Morgan fingerprint density at radius 3 is 2.85 bits per heavy atom. The SMILES string of the molecule is COc1ccc(Cl)cc1-c1nn(-c2cccc(C)c2)c2c1CCCCN2.